The Bertz CT molecular complexity index is 911. The van der Waals surface area contributed by atoms with Crippen LogP contribution in [-0.2, 0) is 0 Å². The van der Waals surface area contributed by atoms with E-state index in [-0.39, 0.29) is 5.91 Å². The number of hydrogen-bond donors (Lipinski definition) is 0. The van der Waals surface area contributed by atoms with Gasteiger partial charge >= 0.3 is 0 Å². The van der Waals surface area contributed by atoms with Crippen LogP contribution in [0.2, 0.25) is 0 Å². The molecular weight excluding hydrogens is 421 g/mol. The second kappa shape index (κ2) is 8.50. The van der Waals surface area contributed by atoms with E-state index in [9.17, 15) is 4.79 Å². The van der Waals surface area contributed by atoms with Gasteiger partial charge in [-0.25, -0.2) is 0 Å². The molecule has 0 atom stereocenters. The molecule has 0 fully saturated rings. The first-order chi connectivity index (χ1) is 12.3. The summed E-state index contributed by atoms with van der Waals surface area (Å²) in [5.41, 5.74) is 2.47. The highest BCUT2D eigenvalue weighted by atomic mass is 127. The smallest absolute Gasteiger partial charge is 0.260 e. The molecule has 0 heterocycles. The normalized spacial score (nSPS) is 9.80. The van der Waals surface area contributed by atoms with Crippen molar-refractivity contribution in [3.8, 4) is 11.8 Å². The maximum Gasteiger partial charge on any atom is 0.260 e. The molecule has 0 saturated carbocycles. The Morgan fingerprint density at radius 3 is 2.12 bits per heavy atom. The Morgan fingerprint density at radius 2 is 1.44 bits per heavy atom. The molecule has 0 spiro atoms. The quantitative estimate of drug-likeness (QED) is 0.418. The molecule has 0 N–H and O–H groups in total. The zero-order chi connectivity index (χ0) is 17.5. The van der Waals surface area contributed by atoms with E-state index < -0.39 is 0 Å². The van der Waals surface area contributed by atoms with Gasteiger partial charge < -0.3 is 0 Å². The number of nitrogens with zero attached hydrogens (tertiary/aromatic N) is 1. The summed E-state index contributed by atoms with van der Waals surface area (Å²) >= 11 is 2.19. The Balaban J connectivity index is 1.90. The lowest BCUT2D eigenvalue weighted by Gasteiger charge is -2.21. The second-order valence-corrected chi connectivity index (χ2v) is 6.54. The third-order valence-electron chi connectivity index (χ3n) is 3.66. The first-order valence-electron chi connectivity index (χ1n) is 7.91. The van der Waals surface area contributed by atoms with Crippen LogP contribution in [-0.4, -0.2) is 12.5 Å². The van der Waals surface area contributed by atoms with Gasteiger partial charge in [-0.2, -0.15) is 0 Å². The van der Waals surface area contributed by atoms with Crippen LogP contribution in [0, 0.1) is 15.4 Å². The van der Waals surface area contributed by atoms with Crippen molar-refractivity contribution in [1.82, 2.24) is 0 Å². The number of amides is 1. The van der Waals surface area contributed by atoms with Gasteiger partial charge in [0.05, 0.1) is 12.1 Å². The van der Waals surface area contributed by atoms with Crippen molar-refractivity contribution in [2.75, 3.05) is 11.4 Å². The van der Waals surface area contributed by atoms with Crippen molar-refractivity contribution < 1.29 is 4.79 Å². The zero-order valence-corrected chi connectivity index (χ0v) is 15.7. The summed E-state index contributed by atoms with van der Waals surface area (Å²) in [4.78, 5) is 14.8. The highest BCUT2D eigenvalue weighted by Crippen LogP contribution is 2.19. The molecule has 0 aliphatic heterocycles. The van der Waals surface area contributed by atoms with Crippen LogP contribution in [0.25, 0.3) is 0 Å². The molecule has 0 aromatic heterocycles. The van der Waals surface area contributed by atoms with E-state index in [1.54, 1.807) is 4.90 Å². The van der Waals surface area contributed by atoms with Gasteiger partial charge in [-0.3, -0.25) is 9.69 Å². The van der Waals surface area contributed by atoms with Gasteiger partial charge in [0.1, 0.15) is 0 Å². The fraction of sp³-hybridized carbons (Fsp3) is 0.0455. The maximum absolute atomic E-state index is 13.1. The van der Waals surface area contributed by atoms with Gasteiger partial charge in [-0.1, -0.05) is 60.4 Å². The number of para-hydroxylation sites is 1. The second-order valence-electron chi connectivity index (χ2n) is 5.37. The Labute approximate surface area is 161 Å². The summed E-state index contributed by atoms with van der Waals surface area (Å²) in [7, 11) is 0. The van der Waals surface area contributed by atoms with Crippen LogP contribution >= 0.6 is 22.6 Å². The van der Waals surface area contributed by atoms with E-state index in [0.29, 0.717) is 12.1 Å². The molecule has 0 aliphatic rings. The van der Waals surface area contributed by atoms with Gasteiger partial charge in [0.15, 0.2) is 0 Å². The molecule has 25 heavy (non-hydrogen) atoms. The molecular formula is C22H16INO. The molecule has 3 rings (SSSR count). The standard InChI is InChI=1S/C22H16INO/c23-21-16-8-7-15-20(21)22(25)24(19-13-5-2-6-14-19)17-9-12-18-10-3-1-4-11-18/h1-8,10-11,13-16H,17H2. The highest BCUT2D eigenvalue weighted by Gasteiger charge is 2.18. The van der Waals surface area contributed by atoms with Crippen molar-refractivity contribution >= 4 is 34.2 Å². The molecule has 1 amide bonds. The summed E-state index contributed by atoms with van der Waals surface area (Å²) in [6.07, 6.45) is 0. The molecule has 0 unspecified atom stereocenters. The lowest BCUT2D eigenvalue weighted by molar-refractivity contribution is 0.0989. The predicted molar refractivity (Wildman–Crippen MR) is 111 cm³/mol. The van der Waals surface area contributed by atoms with Gasteiger partial charge in [0.25, 0.3) is 5.91 Å². The highest BCUT2D eigenvalue weighted by molar-refractivity contribution is 14.1. The number of halogens is 1. The first-order valence-corrected chi connectivity index (χ1v) is 8.99. The average molecular weight is 437 g/mol. The number of hydrogen-bond acceptors (Lipinski definition) is 1. The Morgan fingerprint density at radius 1 is 0.840 bits per heavy atom. The van der Waals surface area contributed by atoms with Crippen molar-refractivity contribution in [2.45, 2.75) is 0 Å². The van der Waals surface area contributed by atoms with Crippen LogP contribution in [0.15, 0.2) is 84.9 Å². The maximum atomic E-state index is 13.1. The molecule has 3 heteroatoms. The zero-order valence-electron chi connectivity index (χ0n) is 13.5. The molecule has 0 bridgehead atoms. The number of rotatable bonds is 3. The van der Waals surface area contributed by atoms with E-state index in [1.807, 2.05) is 84.9 Å². The largest absolute Gasteiger partial charge is 0.297 e. The summed E-state index contributed by atoms with van der Waals surface area (Å²) in [5, 5.41) is 0. The lowest BCUT2D eigenvalue weighted by atomic mass is 10.1. The van der Waals surface area contributed by atoms with E-state index in [0.717, 1.165) is 14.8 Å². The Kier molecular flexibility index (Phi) is 5.86. The summed E-state index contributed by atoms with van der Waals surface area (Å²) in [6.45, 7) is 0.336. The van der Waals surface area contributed by atoms with Crippen LogP contribution in [0.1, 0.15) is 15.9 Å². The fourth-order valence-corrected chi connectivity index (χ4v) is 3.03. The number of carbonyl (C=O) groups excluding carboxylic acids is 1. The number of anilines is 1. The van der Waals surface area contributed by atoms with Gasteiger partial charge in [0, 0.05) is 14.8 Å². The third-order valence-corrected chi connectivity index (χ3v) is 4.60. The van der Waals surface area contributed by atoms with E-state index in [1.165, 1.54) is 0 Å². The molecule has 3 aromatic rings. The molecule has 0 radical (unpaired) electrons. The van der Waals surface area contributed by atoms with Gasteiger partial charge in [-0.05, 0) is 59.0 Å². The monoisotopic (exact) mass is 437 g/mol. The summed E-state index contributed by atoms with van der Waals surface area (Å²) in [6, 6.07) is 27.0. The number of carbonyl (C=O) groups is 1. The van der Waals surface area contributed by atoms with Gasteiger partial charge in [0.2, 0.25) is 0 Å². The van der Waals surface area contributed by atoms with Crippen molar-refractivity contribution in [1.29, 1.82) is 0 Å². The fourth-order valence-electron chi connectivity index (χ4n) is 2.41. The molecule has 2 nitrogen and oxygen atoms in total. The minimum Gasteiger partial charge on any atom is -0.297 e. The van der Waals surface area contributed by atoms with E-state index in [2.05, 4.69) is 34.4 Å². The summed E-state index contributed by atoms with van der Waals surface area (Å²) < 4.78 is 0.932. The molecule has 122 valence electrons. The minimum absolute atomic E-state index is 0.0430. The van der Waals surface area contributed by atoms with Crippen LogP contribution in [0.5, 0.6) is 0 Å². The lowest BCUT2D eigenvalue weighted by Crippen LogP contribution is -2.31. The third kappa shape index (κ3) is 4.49. The number of benzene rings is 3. The van der Waals surface area contributed by atoms with Crippen molar-refractivity contribution in [3.63, 3.8) is 0 Å². The predicted octanol–water partition coefficient (Wildman–Crippen LogP) is 4.99. The van der Waals surface area contributed by atoms with Crippen LogP contribution in [0.4, 0.5) is 5.69 Å². The topological polar surface area (TPSA) is 20.3 Å². The SMILES string of the molecule is O=C(c1ccccc1I)N(CC#Cc1ccccc1)c1ccccc1. The van der Waals surface area contributed by atoms with E-state index >= 15 is 0 Å². The molecule has 0 saturated heterocycles. The first kappa shape index (κ1) is 17.2. The van der Waals surface area contributed by atoms with Crippen LogP contribution < -0.4 is 4.90 Å². The molecule has 3 aromatic carbocycles. The van der Waals surface area contributed by atoms with Crippen molar-refractivity contribution in [2.24, 2.45) is 0 Å². The van der Waals surface area contributed by atoms with Crippen molar-refractivity contribution in [3.05, 3.63) is 99.6 Å². The average Bonchev–Trinajstić information content (AvgIpc) is 2.67. The Hall–Kier alpha value is -2.58. The molecule has 0 aliphatic carbocycles. The summed E-state index contributed by atoms with van der Waals surface area (Å²) in [5.74, 6) is 6.20. The van der Waals surface area contributed by atoms with Crippen LogP contribution in [0.3, 0.4) is 0 Å². The van der Waals surface area contributed by atoms with Gasteiger partial charge in [-0.15, -0.1) is 0 Å². The minimum atomic E-state index is -0.0430. The van der Waals surface area contributed by atoms with E-state index in [4.69, 9.17) is 0 Å².